The maximum absolute atomic E-state index is 8.37. The van der Waals surface area contributed by atoms with Gasteiger partial charge in [0.05, 0.1) is 24.7 Å². The van der Waals surface area contributed by atoms with Crippen molar-refractivity contribution in [2.75, 3.05) is 0 Å². The van der Waals surface area contributed by atoms with Crippen molar-refractivity contribution in [3.63, 3.8) is 0 Å². The average Bonchev–Trinajstić information content (AvgIpc) is 1.88. The van der Waals surface area contributed by atoms with Gasteiger partial charge in [0, 0.05) is 0 Å². The summed E-state index contributed by atoms with van der Waals surface area (Å²) in [6.45, 7) is 2.07. The van der Waals surface area contributed by atoms with Gasteiger partial charge in [-0.05, 0) is 26.2 Å². The molecule has 1 saturated heterocycles. The Morgan fingerprint density at radius 2 is 2.40 bits per heavy atom. The van der Waals surface area contributed by atoms with Crippen LogP contribution in [0.2, 0.25) is 0 Å². The minimum Gasteiger partial charge on any atom is -0.374 e. The molecular weight excluding hydrogens is 126 g/mol. The predicted molar refractivity (Wildman–Crippen MR) is 38.4 cm³/mol. The average molecular weight is 139 g/mol. The summed E-state index contributed by atoms with van der Waals surface area (Å²) in [5, 5.41) is 8.37. The Kier molecular flexibility index (Phi) is 2.70. The lowest BCUT2D eigenvalue weighted by atomic mass is 10.0. The summed E-state index contributed by atoms with van der Waals surface area (Å²) < 4.78 is 5.50. The van der Waals surface area contributed by atoms with E-state index in [1.807, 2.05) is 0 Å². The highest BCUT2D eigenvalue weighted by atomic mass is 16.5. The van der Waals surface area contributed by atoms with E-state index < -0.39 is 0 Å². The van der Waals surface area contributed by atoms with Crippen LogP contribution in [0.3, 0.4) is 0 Å². The van der Waals surface area contributed by atoms with E-state index in [-0.39, 0.29) is 6.10 Å². The Hall–Kier alpha value is -0.550. The van der Waals surface area contributed by atoms with Crippen LogP contribution in [-0.2, 0) is 4.74 Å². The highest BCUT2D eigenvalue weighted by molar-refractivity contribution is 4.79. The summed E-state index contributed by atoms with van der Waals surface area (Å²) in [6.07, 6.45) is 4.58. The minimum absolute atomic E-state index is 0.216. The zero-order valence-electron chi connectivity index (χ0n) is 6.34. The fraction of sp³-hybridized carbons (Fsp3) is 0.875. The van der Waals surface area contributed by atoms with E-state index in [0.717, 1.165) is 12.8 Å². The molecule has 1 heterocycles. The largest absolute Gasteiger partial charge is 0.374 e. The first-order chi connectivity index (χ1) is 4.83. The molecule has 1 fully saturated rings. The molecule has 2 atom stereocenters. The van der Waals surface area contributed by atoms with Crippen LogP contribution in [0.1, 0.15) is 32.6 Å². The van der Waals surface area contributed by atoms with E-state index >= 15 is 0 Å². The van der Waals surface area contributed by atoms with Crippen LogP contribution in [0, 0.1) is 11.3 Å². The second-order valence-corrected chi connectivity index (χ2v) is 2.86. The normalized spacial score (nSPS) is 33.2. The molecule has 0 spiro atoms. The lowest BCUT2D eigenvalue weighted by molar-refractivity contribution is -0.0366. The monoisotopic (exact) mass is 139 g/mol. The van der Waals surface area contributed by atoms with Crippen LogP contribution >= 0.6 is 0 Å². The fourth-order valence-electron chi connectivity index (χ4n) is 1.35. The van der Waals surface area contributed by atoms with E-state index in [4.69, 9.17) is 10.00 Å². The maximum atomic E-state index is 8.37. The molecule has 0 aromatic carbocycles. The number of hydrogen-bond acceptors (Lipinski definition) is 2. The van der Waals surface area contributed by atoms with Gasteiger partial charge in [-0.15, -0.1) is 0 Å². The van der Waals surface area contributed by atoms with Gasteiger partial charge in [-0.3, -0.25) is 0 Å². The summed E-state index contributed by atoms with van der Waals surface area (Å²) >= 11 is 0. The zero-order valence-corrected chi connectivity index (χ0v) is 6.34. The smallest absolute Gasteiger partial charge is 0.0708 e. The van der Waals surface area contributed by atoms with Crippen molar-refractivity contribution in [2.24, 2.45) is 0 Å². The molecule has 0 aliphatic carbocycles. The summed E-state index contributed by atoms with van der Waals surface area (Å²) in [6, 6.07) is 2.13. The van der Waals surface area contributed by atoms with Crippen molar-refractivity contribution in [3.8, 4) is 6.07 Å². The van der Waals surface area contributed by atoms with Crippen LogP contribution in [0.15, 0.2) is 0 Å². The lowest BCUT2D eigenvalue weighted by Gasteiger charge is -2.25. The van der Waals surface area contributed by atoms with Gasteiger partial charge in [0.25, 0.3) is 0 Å². The second-order valence-electron chi connectivity index (χ2n) is 2.86. The summed E-state index contributed by atoms with van der Waals surface area (Å²) in [7, 11) is 0. The Morgan fingerprint density at radius 1 is 1.60 bits per heavy atom. The van der Waals surface area contributed by atoms with Gasteiger partial charge in [-0.1, -0.05) is 0 Å². The van der Waals surface area contributed by atoms with Crippen molar-refractivity contribution >= 4 is 0 Å². The van der Waals surface area contributed by atoms with E-state index in [1.54, 1.807) is 0 Å². The molecule has 2 heteroatoms. The molecule has 0 bridgehead atoms. The van der Waals surface area contributed by atoms with Crippen molar-refractivity contribution in [1.82, 2.24) is 0 Å². The Labute approximate surface area is 61.8 Å². The second kappa shape index (κ2) is 3.58. The standard InChI is InChI=1S/C8H13NO/c1-7-3-2-4-8(10-7)5-6-9/h7-8H,2-5H2,1H3/t7-,8+/m0/s1. The van der Waals surface area contributed by atoms with Gasteiger partial charge >= 0.3 is 0 Å². The van der Waals surface area contributed by atoms with Gasteiger partial charge in [0.2, 0.25) is 0 Å². The Bertz CT molecular complexity index is 139. The predicted octanol–water partition coefficient (Wildman–Crippen LogP) is 1.86. The highest BCUT2D eigenvalue weighted by Crippen LogP contribution is 2.19. The van der Waals surface area contributed by atoms with E-state index in [2.05, 4.69) is 13.0 Å². The molecule has 1 rings (SSSR count). The first kappa shape index (κ1) is 7.56. The van der Waals surface area contributed by atoms with Crippen LogP contribution < -0.4 is 0 Å². The number of nitriles is 1. The molecule has 10 heavy (non-hydrogen) atoms. The quantitative estimate of drug-likeness (QED) is 0.555. The van der Waals surface area contributed by atoms with Crippen LogP contribution in [0.25, 0.3) is 0 Å². The van der Waals surface area contributed by atoms with Gasteiger partial charge in [-0.2, -0.15) is 5.26 Å². The molecule has 2 nitrogen and oxygen atoms in total. The minimum atomic E-state index is 0.216. The maximum Gasteiger partial charge on any atom is 0.0708 e. The molecular formula is C8H13NO. The number of hydrogen-bond donors (Lipinski definition) is 0. The Morgan fingerprint density at radius 3 is 3.00 bits per heavy atom. The molecule has 0 N–H and O–H groups in total. The van der Waals surface area contributed by atoms with Crippen molar-refractivity contribution in [1.29, 1.82) is 5.26 Å². The Balaban J connectivity index is 2.27. The van der Waals surface area contributed by atoms with Crippen LogP contribution in [0.5, 0.6) is 0 Å². The van der Waals surface area contributed by atoms with E-state index in [9.17, 15) is 0 Å². The molecule has 0 aromatic rings. The van der Waals surface area contributed by atoms with Crippen molar-refractivity contribution in [3.05, 3.63) is 0 Å². The first-order valence-electron chi connectivity index (χ1n) is 3.85. The topological polar surface area (TPSA) is 33.0 Å². The third-order valence-corrected chi connectivity index (χ3v) is 1.88. The number of rotatable bonds is 1. The molecule has 0 radical (unpaired) electrons. The van der Waals surface area contributed by atoms with Crippen LogP contribution in [-0.4, -0.2) is 12.2 Å². The van der Waals surface area contributed by atoms with Crippen LogP contribution in [0.4, 0.5) is 0 Å². The molecule has 1 aliphatic heterocycles. The summed E-state index contributed by atoms with van der Waals surface area (Å²) in [5.74, 6) is 0. The van der Waals surface area contributed by atoms with E-state index in [0.29, 0.717) is 12.5 Å². The first-order valence-corrected chi connectivity index (χ1v) is 3.85. The van der Waals surface area contributed by atoms with Gasteiger partial charge in [0.15, 0.2) is 0 Å². The van der Waals surface area contributed by atoms with Gasteiger partial charge in [0.1, 0.15) is 0 Å². The van der Waals surface area contributed by atoms with Gasteiger partial charge < -0.3 is 4.74 Å². The third kappa shape index (κ3) is 2.00. The molecule has 0 aromatic heterocycles. The molecule has 0 unspecified atom stereocenters. The molecule has 0 saturated carbocycles. The van der Waals surface area contributed by atoms with Crippen molar-refractivity contribution in [2.45, 2.75) is 44.8 Å². The number of nitrogens with zero attached hydrogens (tertiary/aromatic N) is 1. The van der Waals surface area contributed by atoms with Gasteiger partial charge in [-0.25, -0.2) is 0 Å². The molecule has 0 amide bonds. The fourth-order valence-corrected chi connectivity index (χ4v) is 1.35. The number of ether oxygens (including phenoxy) is 1. The summed E-state index contributed by atoms with van der Waals surface area (Å²) in [5.41, 5.74) is 0. The highest BCUT2D eigenvalue weighted by Gasteiger charge is 2.17. The van der Waals surface area contributed by atoms with Crippen molar-refractivity contribution < 1.29 is 4.74 Å². The molecule has 56 valence electrons. The summed E-state index contributed by atoms with van der Waals surface area (Å²) in [4.78, 5) is 0. The lowest BCUT2D eigenvalue weighted by Crippen LogP contribution is -2.24. The molecule has 1 aliphatic rings. The zero-order chi connectivity index (χ0) is 7.40. The van der Waals surface area contributed by atoms with E-state index in [1.165, 1.54) is 6.42 Å². The third-order valence-electron chi connectivity index (χ3n) is 1.88. The SMILES string of the molecule is C[C@H]1CCC[C@H](CC#N)O1.